The lowest BCUT2D eigenvalue weighted by Gasteiger charge is -2.23. The summed E-state index contributed by atoms with van der Waals surface area (Å²) in [5.74, 6) is -0.702. The molecule has 1 rings (SSSR count). The van der Waals surface area contributed by atoms with E-state index in [0.29, 0.717) is 11.3 Å². The second kappa shape index (κ2) is 3.81. The van der Waals surface area contributed by atoms with Crippen LogP contribution in [0.3, 0.4) is 0 Å². The highest BCUT2D eigenvalue weighted by atomic mass is 16.5. The van der Waals surface area contributed by atoms with Gasteiger partial charge in [-0.3, -0.25) is 4.79 Å². The minimum atomic E-state index is -1.18. The van der Waals surface area contributed by atoms with Crippen LogP contribution in [0.2, 0.25) is 0 Å². The zero-order valence-corrected chi connectivity index (χ0v) is 8.94. The third-order valence-electron chi connectivity index (χ3n) is 2.38. The predicted octanol–water partition coefficient (Wildman–Crippen LogP) is 1.76. The lowest BCUT2D eigenvalue weighted by Crippen LogP contribution is -2.29. The van der Waals surface area contributed by atoms with E-state index >= 15 is 0 Å². The molecule has 0 amide bonds. The van der Waals surface area contributed by atoms with Gasteiger partial charge in [0.25, 0.3) is 0 Å². The number of hydrogen-bond acceptors (Lipinski definition) is 3. The van der Waals surface area contributed by atoms with Gasteiger partial charge in [0, 0.05) is 0 Å². The van der Waals surface area contributed by atoms with E-state index in [9.17, 15) is 9.90 Å². The second-order valence-corrected chi connectivity index (χ2v) is 3.78. The van der Waals surface area contributed by atoms with Crippen molar-refractivity contribution in [1.29, 1.82) is 0 Å². The van der Waals surface area contributed by atoms with Crippen molar-refractivity contribution in [2.75, 3.05) is 7.11 Å². The lowest BCUT2D eigenvalue weighted by atomic mass is 9.83. The Labute approximate surface area is 88.1 Å². The molecule has 0 aliphatic heterocycles. The summed E-state index contributed by atoms with van der Waals surface area (Å²) in [5, 5.41) is 18.7. The van der Waals surface area contributed by atoms with Crippen molar-refractivity contribution in [2.45, 2.75) is 19.3 Å². The van der Waals surface area contributed by atoms with Gasteiger partial charge in [0.2, 0.25) is 0 Å². The van der Waals surface area contributed by atoms with Gasteiger partial charge in [-0.25, -0.2) is 0 Å². The van der Waals surface area contributed by atoms with Crippen LogP contribution in [0.25, 0.3) is 0 Å². The summed E-state index contributed by atoms with van der Waals surface area (Å²) < 4.78 is 5.04. The maximum atomic E-state index is 11.1. The average molecular weight is 210 g/mol. The maximum Gasteiger partial charge on any atom is 0.313 e. The first-order chi connectivity index (χ1) is 6.91. The third-order valence-corrected chi connectivity index (χ3v) is 2.38. The first-order valence-corrected chi connectivity index (χ1v) is 4.51. The van der Waals surface area contributed by atoms with Crippen LogP contribution in [0.1, 0.15) is 19.4 Å². The number of ether oxygens (including phenoxy) is 1. The summed E-state index contributed by atoms with van der Waals surface area (Å²) in [4.78, 5) is 11.1. The average Bonchev–Trinajstić information content (AvgIpc) is 2.16. The molecule has 0 radical (unpaired) electrons. The fourth-order valence-electron chi connectivity index (χ4n) is 1.42. The van der Waals surface area contributed by atoms with Crippen LogP contribution in [0.15, 0.2) is 18.2 Å². The van der Waals surface area contributed by atoms with E-state index in [0.717, 1.165) is 0 Å². The topological polar surface area (TPSA) is 66.8 Å². The molecule has 4 heteroatoms. The number of methoxy groups -OCH3 is 1. The summed E-state index contributed by atoms with van der Waals surface area (Å²) in [6.45, 7) is 3.04. The molecular weight excluding hydrogens is 196 g/mol. The molecule has 0 atom stereocenters. The van der Waals surface area contributed by atoms with Gasteiger partial charge in [-0.1, -0.05) is 6.07 Å². The van der Waals surface area contributed by atoms with Gasteiger partial charge < -0.3 is 14.9 Å². The van der Waals surface area contributed by atoms with Gasteiger partial charge >= 0.3 is 5.97 Å². The molecule has 0 bridgehead atoms. The van der Waals surface area contributed by atoms with Crippen LogP contribution in [0.4, 0.5) is 0 Å². The van der Waals surface area contributed by atoms with Crippen molar-refractivity contribution in [3.63, 3.8) is 0 Å². The number of phenolic OH excluding ortho intramolecular Hbond substituents is 1. The molecule has 82 valence electrons. The van der Waals surface area contributed by atoms with Crippen LogP contribution in [0, 0.1) is 0 Å². The quantitative estimate of drug-likeness (QED) is 0.797. The van der Waals surface area contributed by atoms with Crippen molar-refractivity contribution in [2.24, 2.45) is 0 Å². The molecule has 0 saturated heterocycles. The van der Waals surface area contributed by atoms with Crippen LogP contribution < -0.4 is 4.74 Å². The molecule has 1 aromatic carbocycles. The Morgan fingerprint density at radius 1 is 1.40 bits per heavy atom. The fourth-order valence-corrected chi connectivity index (χ4v) is 1.42. The molecule has 15 heavy (non-hydrogen) atoms. The Bertz CT molecular complexity index is 382. The summed E-state index contributed by atoms with van der Waals surface area (Å²) in [7, 11) is 1.44. The van der Waals surface area contributed by atoms with Crippen LogP contribution in [-0.4, -0.2) is 23.3 Å². The number of hydrogen-bond donors (Lipinski definition) is 2. The molecule has 0 fully saturated rings. The number of aromatic hydroxyl groups is 1. The molecule has 0 saturated carbocycles. The van der Waals surface area contributed by atoms with E-state index in [4.69, 9.17) is 9.84 Å². The molecule has 0 aromatic heterocycles. The number of carboxylic acids is 1. The van der Waals surface area contributed by atoms with Crippen molar-refractivity contribution < 1.29 is 19.7 Å². The molecule has 0 heterocycles. The zero-order chi connectivity index (χ0) is 11.6. The number of rotatable bonds is 3. The minimum Gasteiger partial charge on any atom is -0.507 e. The van der Waals surface area contributed by atoms with E-state index in [1.165, 1.54) is 27.0 Å². The van der Waals surface area contributed by atoms with Crippen LogP contribution in [0.5, 0.6) is 11.5 Å². The van der Waals surface area contributed by atoms with Gasteiger partial charge in [-0.05, 0) is 26.0 Å². The maximum absolute atomic E-state index is 11.1. The first kappa shape index (κ1) is 11.4. The SMILES string of the molecule is COc1cccc(O)c1C(C)(C)C(=O)O. The standard InChI is InChI=1S/C11H14O4/c1-11(2,10(13)14)9-7(12)5-4-6-8(9)15-3/h4-6,12H,1-3H3,(H,13,14). The predicted molar refractivity (Wildman–Crippen MR) is 55.3 cm³/mol. The van der Waals surface area contributed by atoms with E-state index in [-0.39, 0.29) is 5.75 Å². The highest BCUT2D eigenvalue weighted by Crippen LogP contribution is 2.38. The molecule has 0 unspecified atom stereocenters. The van der Waals surface area contributed by atoms with Crippen molar-refractivity contribution in [3.8, 4) is 11.5 Å². The van der Waals surface area contributed by atoms with Crippen molar-refractivity contribution in [1.82, 2.24) is 0 Å². The molecular formula is C11H14O4. The van der Waals surface area contributed by atoms with Gasteiger partial charge in [0.1, 0.15) is 11.5 Å². The Morgan fingerprint density at radius 2 is 2.00 bits per heavy atom. The highest BCUT2D eigenvalue weighted by molar-refractivity contribution is 5.82. The van der Waals surface area contributed by atoms with Crippen molar-refractivity contribution >= 4 is 5.97 Å². The normalized spacial score (nSPS) is 11.1. The number of aliphatic carboxylic acids is 1. The largest absolute Gasteiger partial charge is 0.507 e. The first-order valence-electron chi connectivity index (χ1n) is 4.51. The Hall–Kier alpha value is -1.71. The molecule has 0 aliphatic rings. The van der Waals surface area contributed by atoms with E-state index in [1.54, 1.807) is 12.1 Å². The Kier molecular flexibility index (Phi) is 2.88. The molecule has 2 N–H and O–H groups in total. The third kappa shape index (κ3) is 1.88. The summed E-state index contributed by atoms with van der Waals surface area (Å²) in [5.41, 5.74) is -0.892. The van der Waals surface area contributed by atoms with E-state index in [2.05, 4.69) is 0 Å². The summed E-state index contributed by atoms with van der Waals surface area (Å²) >= 11 is 0. The highest BCUT2D eigenvalue weighted by Gasteiger charge is 2.35. The lowest BCUT2D eigenvalue weighted by molar-refractivity contribution is -0.142. The zero-order valence-electron chi connectivity index (χ0n) is 8.94. The number of benzene rings is 1. The molecule has 0 aliphatic carbocycles. The van der Waals surface area contributed by atoms with Gasteiger partial charge in [-0.15, -0.1) is 0 Å². The van der Waals surface area contributed by atoms with Gasteiger partial charge in [0.15, 0.2) is 0 Å². The Morgan fingerprint density at radius 3 is 2.47 bits per heavy atom. The van der Waals surface area contributed by atoms with Crippen LogP contribution >= 0.6 is 0 Å². The number of carboxylic acid groups (broad SMARTS) is 1. The second-order valence-electron chi connectivity index (χ2n) is 3.78. The molecule has 1 aromatic rings. The number of phenols is 1. The minimum absolute atomic E-state index is 0.0678. The summed E-state index contributed by atoms with van der Waals surface area (Å²) in [6, 6.07) is 4.68. The van der Waals surface area contributed by atoms with Crippen LogP contribution in [-0.2, 0) is 10.2 Å². The van der Waals surface area contributed by atoms with E-state index in [1.807, 2.05) is 0 Å². The smallest absolute Gasteiger partial charge is 0.313 e. The number of carbonyl (C=O) groups is 1. The van der Waals surface area contributed by atoms with Crippen molar-refractivity contribution in [3.05, 3.63) is 23.8 Å². The van der Waals surface area contributed by atoms with E-state index < -0.39 is 11.4 Å². The molecule has 0 spiro atoms. The summed E-state index contributed by atoms with van der Waals surface area (Å²) in [6.07, 6.45) is 0. The monoisotopic (exact) mass is 210 g/mol. The van der Waals surface area contributed by atoms with Gasteiger partial charge in [0.05, 0.1) is 18.1 Å². The Balaban J connectivity index is 3.41. The molecule has 4 nitrogen and oxygen atoms in total. The van der Waals surface area contributed by atoms with Gasteiger partial charge in [-0.2, -0.15) is 0 Å². The fraction of sp³-hybridized carbons (Fsp3) is 0.364.